The molecule has 1 aliphatic rings. The highest BCUT2D eigenvalue weighted by atomic mass is 16.6. The number of esters is 1. The molecule has 1 unspecified atom stereocenters. The molecular weight excluding hydrogens is 332 g/mol. The molecule has 0 fully saturated rings. The van der Waals surface area contributed by atoms with E-state index in [9.17, 15) is 9.59 Å². The third-order valence-corrected chi connectivity index (χ3v) is 3.91. The summed E-state index contributed by atoms with van der Waals surface area (Å²) < 4.78 is 16.2. The second kappa shape index (κ2) is 7.44. The number of carbonyl (C=O) groups excluding carboxylic acids is 2. The number of rotatable bonds is 5. The van der Waals surface area contributed by atoms with Gasteiger partial charge in [-0.3, -0.25) is 4.79 Å². The van der Waals surface area contributed by atoms with Crippen molar-refractivity contribution in [3.63, 3.8) is 0 Å². The minimum atomic E-state index is -0.743. The number of benzene rings is 2. The van der Waals surface area contributed by atoms with Crippen LogP contribution in [-0.4, -0.2) is 24.5 Å². The quantitative estimate of drug-likeness (QED) is 0.602. The van der Waals surface area contributed by atoms with Gasteiger partial charge in [0.1, 0.15) is 11.5 Å². The molecule has 0 saturated heterocycles. The Morgan fingerprint density at radius 2 is 2.04 bits per heavy atom. The summed E-state index contributed by atoms with van der Waals surface area (Å²) in [6, 6.07) is 12.7. The number of carbonyl (C=O) groups is 2. The minimum absolute atomic E-state index is 0.175. The van der Waals surface area contributed by atoms with E-state index >= 15 is 0 Å². The zero-order valence-electron chi connectivity index (χ0n) is 14.9. The zero-order valence-corrected chi connectivity index (χ0v) is 14.9. The number of ether oxygens (including phenoxy) is 3. The van der Waals surface area contributed by atoms with Gasteiger partial charge in [-0.15, -0.1) is 0 Å². The van der Waals surface area contributed by atoms with Crippen LogP contribution >= 0.6 is 0 Å². The van der Waals surface area contributed by atoms with E-state index in [1.54, 1.807) is 38.1 Å². The first-order valence-electron chi connectivity index (χ1n) is 8.46. The summed E-state index contributed by atoms with van der Waals surface area (Å²) in [6.07, 6.45) is 0.976. The highest BCUT2D eigenvalue weighted by Gasteiger charge is 2.28. The van der Waals surface area contributed by atoms with Crippen LogP contribution in [0.5, 0.6) is 11.5 Å². The van der Waals surface area contributed by atoms with Gasteiger partial charge in [0.15, 0.2) is 11.9 Å². The molecule has 3 rings (SSSR count). The SMILES string of the molecule is CCOC(=O)C(C)Oc1ccc2c(c1)OC(=Cc1cccc(C)c1)C2=O. The molecular formula is C21H20O5. The predicted octanol–water partition coefficient (Wildman–Crippen LogP) is 3.94. The Balaban J connectivity index is 1.79. The van der Waals surface area contributed by atoms with Crippen LogP contribution in [0.25, 0.3) is 6.08 Å². The largest absolute Gasteiger partial charge is 0.479 e. The second-order valence-electron chi connectivity index (χ2n) is 6.02. The lowest BCUT2D eigenvalue weighted by Crippen LogP contribution is -2.26. The molecule has 26 heavy (non-hydrogen) atoms. The number of fused-ring (bicyclic) bond motifs is 1. The topological polar surface area (TPSA) is 61.8 Å². The summed E-state index contributed by atoms with van der Waals surface area (Å²) in [5.74, 6) is 0.508. The van der Waals surface area contributed by atoms with Gasteiger partial charge in [0.05, 0.1) is 12.2 Å². The van der Waals surface area contributed by atoms with Crippen LogP contribution in [0.3, 0.4) is 0 Å². The average molecular weight is 352 g/mol. The maximum atomic E-state index is 12.5. The van der Waals surface area contributed by atoms with Crippen molar-refractivity contribution in [3.05, 3.63) is 64.9 Å². The fourth-order valence-corrected chi connectivity index (χ4v) is 2.66. The molecule has 5 nitrogen and oxygen atoms in total. The lowest BCUT2D eigenvalue weighted by molar-refractivity contribution is -0.150. The van der Waals surface area contributed by atoms with Crippen molar-refractivity contribution in [1.82, 2.24) is 0 Å². The van der Waals surface area contributed by atoms with Gasteiger partial charge < -0.3 is 14.2 Å². The van der Waals surface area contributed by atoms with Crippen molar-refractivity contribution in [2.45, 2.75) is 26.9 Å². The lowest BCUT2D eigenvalue weighted by atomic mass is 10.1. The number of hydrogen-bond acceptors (Lipinski definition) is 5. The van der Waals surface area contributed by atoms with E-state index < -0.39 is 12.1 Å². The first-order chi connectivity index (χ1) is 12.5. The Labute approximate surface area is 152 Å². The van der Waals surface area contributed by atoms with Gasteiger partial charge in [0, 0.05) is 6.07 Å². The maximum absolute atomic E-state index is 12.5. The maximum Gasteiger partial charge on any atom is 0.347 e. The Morgan fingerprint density at radius 1 is 1.23 bits per heavy atom. The third-order valence-electron chi connectivity index (χ3n) is 3.91. The van der Waals surface area contributed by atoms with Gasteiger partial charge in [-0.2, -0.15) is 0 Å². The molecule has 0 bridgehead atoms. The second-order valence-corrected chi connectivity index (χ2v) is 6.02. The highest BCUT2D eigenvalue weighted by Crippen LogP contribution is 2.35. The van der Waals surface area contributed by atoms with Crippen molar-refractivity contribution in [3.8, 4) is 11.5 Å². The van der Waals surface area contributed by atoms with E-state index in [1.165, 1.54) is 0 Å². The molecule has 0 radical (unpaired) electrons. The van der Waals surface area contributed by atoms with Crippen LogP contribution in [0.1, 0.15) is 35.3 Å². The summed E-state index contributed by atoms with van der Waals surface area (Å²) in [6.45, 7) is 5.63. The highest BCUT2D eigenvalue weighted by molar-refractivity contribution is 6.14. The first kappa shape index (κ1) is 17.7. The monoisotopic (exact) mass is 352 g/mol. The van der Waals surface area contributed by atoms with Crippen LogP contribution in [0, 0.1) is 6.92 Å². The van der Waals surface area contributed by atoms with Crippen LogP contribution in [0.15, 0.2) is 48.2 Å². The van der Waals surface area contributed by atoms with E-state index in [-0.39, 0.29) is 11.5 Å². The molecule has 2 aromatic rings. The van der Waals surface area contributed by atoms with E-state index in [0.29, 0.717) is 23.7 Å². The normalized spacial score (nSPS) is 15.3. The standard InChI is InChI=1S/C21H20O5/c1-4-24-21(23)14(3)25-16-8-9-17-18(12-16)26-19(20(17)22)11-15-7-5-6-13(2)10-15/h5-12,14H,4H2,1-3H3. The fourth-order valence-electron chi connectivity index (χ4n) is 2.66. The summed E-state index contributed by atoms with van der Waals surface area (Å²) >= 11 is 0. The summed E-state index contributed by atoms with van der Waals surface area (Å²) in [5.41, 5.74) is 2.47. The average Bonchev–Trinajstić information content (AvgIpc) is 2.90. The molecule has 1 atom stereocenters. The van der Waals surface area contributed by atoms with Crippen molar-refractivity contribution in [2.24, 2.45) is 0 Å². The molecule has 134 valence electrons. The molecule has 0 aliphatic carbocycles. The van der Waals surface area contributed by atoms with Gasteiger partial charge in [-0.1, -0.05) is 29.8 Å². The van der Waals surface area contributed by atoms with E-state index in [0.717, 1.165) is 11.1 Å². The Bertz CT molecular complexity index is 882. The molecule has 0 spiro atoms. The van der Waals surface area contributed by atoms with Crippen molar-refractivity contribution in [2.75, 3.05) is 6.61 Å². The van der Waals surface area contributed by atoms with E-state index in [4.69, 9.17) is 14.2 Å². The molecule has 1 heterocycles. The molecule has 2 aromatic carbocycles. The van der Waals surface area contributed by atoms with Crippen molar-refractivity contribution in [1.29, 1.82) is 0 Å². The number of hydrogen-bond donors (Lipinski definition) is 0. The summed E-state index contributed by atoms with van der Waals surface area (Å²) in [7, 11) is 0. The molecule has 0 amide bonds. The Morgan fingerprint density at radius 3 is 2.77 bits per heavy atom. The molecule has 1 aliphatic heterocycles. The lowest BCUT2D eigenvalue weighted by Gasteiger charge is -2.13. The van der Waals surface area contributed by atoms with E-state index in [1.807, 2.05) is 31.2 Å². The van der Waals surface area contributed by atoms with Crippen LogP contribution in [0.4, 0.5) is 0 Å². The fraction of sp³-hybridized carbons (Fsp3) is 0.238. The molecule has 0 N–H and O–H groups in total. The minimum Gasteiger partial charge on any atom is -0.479 e. The van der Waals surface area contributed by atoms with E-state index in [2.05, 4.69) is 0 Å². The molecule has 0 aromatic heterocycles. The molecule has 5 heteroatoms. The Hall–Kier alpha value is -3.08. The van der Waals surface area contributed by atoms with Crippen LogP contribution in [0.2, 0.25) is 0 Å². The van der Waals surface area contributed by atoms with Crippen LogP contribution in [-0.2, 0) is 9.53 Å². The summed E-state index contributed by atoms with van der Waals surface area (Å²) in [5, 5.41) is 0. The first-order valence-corrected chi connectivity index (χ1v) is 8.46. The van der Waals surface area contributed by atoms with Crippen molar-refractivity contribution >= 4 is 17.8 Å². The number of aryl methyl sites for hydroxylation is 1. The smallest absolute Gasteiger partial charge is 0.347 e. The van der Waals surface area contributed by atoms with Gasteiger partial charge in [0.2, 0.25) is 5.78 Å². The van der Waals surface area contributed by atoms with Gasteiger partial charge >= 0.3 is 5.97 Å². The van der Waals surface area contributed by atoms with Gasteiger partial charge in [-0.25, -0.2) is 4.79 Å². The number of Topliss-reactive ketones (excluding diaryl/α,β-unsaturated/α-hetero) is 1. The van der Waals surface area contributed by atoms with Crippen molar-refractivity contribution < 1.29 is 23.8 Å². The van der Waals surface area contributed by atoms with Crippen LogP contribution < -0.4 is 9.47 Å². The zero-order chi connectivity index (χ0) is 18.7. The van der Waals surface area contributed by atoms with Gasteiger partial charge in [-0.05, 0) is 44.5 Å². The third kappa shape index (κ3) is 3.77. The molecule has 0 saturated carbocycles. The van der Waals surface area contributed by atoms with Gasteiger partial charge in [0.25, 0.3) is 0 Å². The Kier molecular flexibility index (Phi) is 5.07. The summed E-state index contributed by atoms with van der Waals surface area (Å²) in [4.78, 5) is 24.2. The number of ketones is 1. The predicted molar refractivity (Wildman–Crippen MR) is 97.3 cm³/mol. The number of allylic oxidation sites excluding steroid dienone is 1.